The van der Waals surface area contributed by atoms with Crippen LogP contribution in [0.5, 0.6) is 0 Å². The molecule has 2 nitrogen and oxygen atoms in total. The van der Waals surface area contributed by atoms with Crippen LogP contribution in [0.2, 0.25) is 0 Å². The van der Waals surface area contributed by atoms with Crippen molar-refractivity contribution >= 4 is 12.0 Å². The number of rotatable bonds is 2. The number of carbonyl (C=O) groups excluding carboxylic acids is 1. The largest absolute Gasteiger partial charge is 0.456 e. The van der Waals surface area contributed by atoms with Crippen LogP contribution in [0.1, 0.15) is 49.7 Å². The summed E-state index contributed by atoms with van der Waals surface area (Å²) < 4.78 is 6.16. The third-order valence-electron chi connectivity index (χ3n) is 6.32. The lowest BCUT2D eigenvalue weighted by atomic mass is 9.54. The van der Waals surface area contributed by atoms with Gasteiger partial charge in [-0.2, -0.15) is 0 Å². The van der Waals surface area contributed by atoms with E-state index in [0.717, 1.165) is 49.0 Å². The monoisotopic (exact) mass is 294 g/mol. The second-order valence-corrected chi connectivity index (χ2v) is 8.04. The predicted molar refractivity (Wildman–Crippen MR) is 85.1 cm³/mol. The highest BCUT2D eigenvalue weighted by Gasteiger charge is 2.53. The Morgan fingerprint density at radius 2 is 1.64 bits per heavy atom. The Bertz CT molecular complexity index is 635. The van der Waals surface area contributed by atoms with Crippen LogP contribution >= 0.6 is 0 Å². The van der Waals surface area contributed by atoms with Crippen molar-refractivity contribution in [2.75, 3.05) is 0 Å². The molecule has 0 spiro atoms. The molecule has 0 amide bonds. The van der Waals surface area contributed by atoms with Crippen molar-refractivity contribution in [3.8, 4) is 0 Å². The Labute approximate surface area is 131 Å². The summed E-state index contributed by atoms with van der Waals surface area (Å²) in [4.78, 5) is 12.7. The van der Waals surface area contributed by atoms with Crippen molar-refractivity contribution in [3.63, 3.8) is 0 Å². The normalized spacial score (nSPS) is 37.8. The van der Waals surface area contributed by atoms with Crippen LogP contribution in [0.25, 0.3) is 6.08 Å². The van der Waals surface area contributed by atoms with E-state index >= 15 is 0 Å². The van der Waals surface area contributed by atoms with Gasteiger partial charge in [0.2, 0.25) is 0 Å². The van der Waals surface area contributed by atoms with E-state index in [-0.39, 0.29) is 11.6 Å². The molecule has 6 rings (SSSR count). The number of fused-ring (bicyclic) bond motifs is 1. The van der Waals surface area contributed by atoms with Crippen molar-refractivity contribution in [1.82, 2.24) is 0 Å². The average Bonchev–Trinajstić information content (AvgIpc) is 2.89. The van der Waals surface area contributed by atoms with Gasteiger partial charge in [-0.3, -0.25) is 0 Å². The zero-order valence-corrected chi connectivity index (χ0v) is 12.9. The summed E-state index contributed by atoms with van der Waals surface area (Å²) in [6.45, 7) is 0. The fraction of sp³-hybridized carbons (Fsp3) is 0.550. The van der Waals surface area contributed by atoms with Crippen LogP contribution in [-0.2, 0) is 16.0 Å². The number of esters is 1. The molecule has 22 heavy (non-hydrogen) atoms. The van der Waals surface area contributed by atoms with E-state index < -0.39 is 0 Å². The molecule has 0 unspecified atom stereocenters. The fourth-order valence-corrected chi connectivity index (χ4v) is 5.83. The van der Waals surface area contributed by atoms with Crippen molar-refractivity contribution in [1.29, 1.82) is 0 Å². The molecule has 0 saturated heterocycles. The second kappa shape index (κ2) is 4.47. The first-order valence-electron chi connectivity index (χ1n) is 8.71. The number of hydrogen-bond acceptors (Lipinski definition) is 2. The van der Waals surface area contributed by atoms with Crippen LogP contribution in [0.4, 0.5) is 0 Å². The standard InChI is InChI=1S/C20H22O2/c21-19(18-8-16-3-1-2-4-17(16)9-18)22-20-10-13-5-14(11-20)7-15(6-13)12-20/h1-4,8,13-15H,5-7,9-12H2. The first kappa shape index (κ1) is 12.9. The summed E-state index contributed by atoms with van der Waals surface area (Å²) in [5.41, 5.74) is 3.15. The minimum atomic E-state index is -0.124. The summed E-state index contributed by atoms with van der Waals surface area (Å²) in [6, 6.07) is 8.26. The highest BCUT2D eigenvalue weighted by molar-refractivity contribution is 5.96. The van der Waals surface area contributed by atoms with Gasteiger partial charge in [-0.15, -0.1) is 0 Å². The highest BCUT2D eigenvalue weighted by Crippen LogP contribution is 2.57. The average molecular weight is 294 g/mol. The molecule has 5 aliphatic carbocycles. The van der Waals surface area contributed by atoms with Crippen molar-refractivity contribution in [2.24, 2.45) is 17.8 Å². The molecule has 0 radical (unpaired) electrons. The molecule has 4 saturated carbocycles. The highest BCUT2D eigenvalue weighted by atomic mass is 16.6. The quantitative estimate of drug-likeness (QED) is 0.766. The van der Waals surface area contributed by atoms with Gasteiger partial charge in [0.15, 0.2) is 0 Å². The first-order valence-corrected chi connectivity index (χ1v) is 8.71. The SMILES string of the molecule is O=C(OC12CC3CC(CC(C3)C1)C2)C1=Cc2ccccc2C1. The maximum absolute atomic E-state index is 12.7. The Hall–Kier alpha value is -1.57. The summed E-state index contributed by atoms with van der Waals surface area (Å²) in [6.07, 6.45) is 10.3. The van der Waals surface area contributed by atoms with Gasteiger partial charge in [-0.1, -0.05) is 24.3 Å². The molecule has 2 heteroatoms. The minimum absolute atomic E-state index is 0.0573. The van der Waals surface area contributed by atoms with E-state index in [2.05, 4.69) is 12.1 Å². The van der Waals surface area contributed by atoms with Gasteiger partial charge in [0.1, 0.15) is 5.60 Å². The van der Waals surface area contributed by atoms with E-state index in [1.54, 1.807) is 0 Å². The molecule has 1 aromatic rings. The van der Waals surface area contributed by atoms with E-state index in [4.69, 9.17) is 4.74 Å². The molecule has 0 atom stereocenters. The van der Waals surface area contributed by atoms with Gasteiger partial charge in [0.05, 0.1) is 0 Å². The summed E-state index contributed by atoms with van der Waals surface area (Å²) in [7, 11) is 0. The summed E-state index contributed by atoms with van der Waals surface area (Å²) >= 11 is 0. The van der Waals surface area contributed by atoms with E-state index in [1.807, 2.05) is 18.2 Å². The number of hydrogen-bond donors (Lipinski definition) is 0. The second-order valence-electron chi connectivity index (χ2n) is 8.04. The zero-order chi connectivity index (χ0) is 14.7. The molecule has 5 aliphatic rings. The molecule has 114 valence electrons. The van der Waals surface area contributed by atoms with Crippen molar-refractivity contribution in [2.45, 2.75) is 50.5 Å². The van der Waals surface area contributed by atoms with Crippen molar-refractivity contribution in [3.05, 3.63) is 41.0 Å². The Morgan fingerprint density at radius 3 is 2.27 bits per heavy atom. The molecule has 4 fully saturated rings. The van der Waals surface area contributed by atoms with Crippen LogP contribution in [0, 0.1) is 17.8 Å². The lowest BCUT2D eigenvalue weighted by Crippen LogP contribution is -2.52. The lowest BCUT2D eigenvalue weighted by Gasteiger charge is -2.55. The molecule has 0 aromatic heterocycles. The molecular formula is C20H22O2. The molecule has 0 aliphatic heterocycles. The van der Waals surface area contributed by atoms with Crippen LogP contribution in [0.3, 0.4) is 0 Å². The predicted octanol–water partition coefficient (Wildman–Crippen LogP) is 4.14. The number of ether oxygens (including phenoxy) is 1. The fourth-order valence-electron chi connectivity index (χ4n) is 5.83. The Balaban J connectivity index is 1.36. The summed E-state index contributed by atoms with van der Waals surface area (Å²) in [5.74, 6) is 2.38. The molecular weight excluding hydrogens is 272 g/mol. The van der Waals surface area contributed by atoms with Crippen LogP contribution < -0.4 is 0 Å². The molecule has 4 bridgehead atoms. The first-order chi connectivity index (χ1) is 10.7. The molecule has 0 N–H and O–H groups in total. The number of benzene rings is 1. The maximum atomic E-state index is 12.7. The molecule has 0 heterocycles. The Kier molecular flexibility index (Phi) is 2.62. The Morgan fingerprint density at radius 1 is 1.00 bits per heavy atom. The number of carbonyl (C=O) groups is 1. The van der Waals surface area contributed by atoms with Gasteiger partial charge < -0.3 is 4.74 Å². The smallest absolute Gasteiger partial charge is 0.334 e. The minimum Gasteiger partial charge on any atom is -0.456 e. The van der Waals surface area contributed by atoms with Crippen LogP contribution in [0.15, 0.2) is 29.8 Å². The topological polar surface area (TPSA) is 26.3 Å². The van der Waals surface area contributed by atoms with Gasteiger partial charge >= 0.3 is 5.97 Å². The third kappa shape index (κ3) is 1.96. The van der Waals surface area contributed by atoms with Gasteiger partial charge in [0.25, 0.3) is 0 Å². The van der Waals surface area contributed by atoms with Gasteiger partial charge in [-0.25, -0.2) is 4.79 Å². The summed E-state index contributed by atoms with van der Waals surface area (Å²) in [5, 5.41) is 0. The van der Waals surface area contributed by atoms with Gasteiger partial charge in [-0.05, 0) is 73.5 Å². The maximum Gasteiger partial charge on any atom is 0.334 e. The van der Waals surface area contributed by atoms with Crippen molar-refractivity contribution < 1.29 is 9.53 Å². The van der Waals surface area contributed by atoms with Gasteiger partial charge in [0, 0.05) is 12.0 Å². The third-order valence-corrected chi connectivity index (χ3v) is 6.32. The zero-order valence-electron chi connectivity index (χ0n) is 12.9. The van der Waals surface area contributed by atoms with E-state index in [1.165, 1.54) is 30.4 Å². The van der Waals surface area contributed by atoms with E-state index in [9.17, 15) is 4.79 Å². The lowest BCUT2D eigenvalue weighted by molar-refractivity contribution is -0.182. The van der Waals surface area contributed by atoms with Crippen LogP contribution in [-0.4, -0.2) is 11.6 Å². The van der Waals surface area contributed by atoms with E-state index in [0.29, 0.717) is 0 Å². The molecule has 1 aromatic carbocycles.